The lowest BCUT2D eigenvalue weighted by Crippen LogP contribution is -2.02. The Balaban J connectivity index is 2.43. The van der Waals surface area contributed by atoms with Gasteiger partial charge in [-0.1, -0.05) is 29.8 Å². The standard InChI is InChI=1S/C14H10ClFO2/c15-12-3-1-2-9(7-12)10-4-5-13(16)11(6-10)8-14(17)18/h1-7H,8H2,(H,17,18). The molecule has 2 rings (SSSR count). The van der Waals surface area contributed by atoms with Crippen LogP contribution in [0.15, 0.2) is 42.5 Å². The van der Waals surface area contributed by atoms with E-state index in [0.717, 1.165) is 11.1 Å². The number of hydrogen-bond donors (Lipinski definition) is 1. The zero-order valence-electron chi connectivity index (χ0n) is 9.36. The van der Waals surface area contributed by atoms with Crippen molar-refractivity contribution in [3.8, 4) is 11.1 Å². The van der Waals surface area contributed by atoms with E-state index in [1.54, 1.807) is 24.3 Å². The summed E-state index contributed by atoms with van der Waals surface area (Å²) in [5.74, 6) is -1.57. The van der Waals surface area contributed by atoms with Crippen LogP contribution in [-0.2, 0) is 11.2 Å². The van der Waals surface area contributed by atoms with Crippen molar-refractivity contribution in [1.29, 1.82) is 0 Å². The van der Waals surface area contributed by atoms with Crippen molar-refractivity contribution >= 4 is 17.6 Å². The normalized spacial score (nSPS) is 10.3. The van der Waals surface area contributed by atoms with Crippen molar-refractivity contribution in [2.75, 3.05) is 0 Å². The van der Waals surface area contributed by atoms with Crippen molar-refractivity contribution in [3.05, 3.63) is 58.9 Å². The van der Waals surface area contributed by atoms with Gasteiger partial charge in [0.05, 0.1) is 6.42 Å². The number of carbonyl (C=O) groups is 1. The van der Waals surface area contributed by atoms with E-state index in [9.17, 15) is 9.18 Å². The highest BCUT2D eigenvalue weighted by Crippen LogP contribution is 2.24. The molecule has 1 N–H and O–H groups in total. The van der Waals surface area contributed by atoms with Crippen LogP contribution in [0.25, 0.3) is 11.1 Å². The lowest BCUT2D eigenvalue weighted by Gasteiger charge is -2.06. The second kappa shape index (κ2) is 5.19. The first-order valence-corrected chi connectivity index (χ1v) is 5.70. The van der Waals surface area contributed by atoms with E-state index in [2.05, 4.69) is 0 Å². The molecule has 0 saturated carbocycles. The first-order chi connectivity index (χ1) is 8.56. The molecule has 0 aliphatic heterocycles. The number of aliphatic carboxylic acids is 1. The summed E-state index contributed by atoms with van der Waals surface area (Å²) in [4.78, 5) is 10.6. The fourth-order valence-corrected chi connectivity index (χ4v) is 1.91. The summed E-state index contributed by atoms with van der Waals surface area (Å²) in [6, 6.07) is 11.5. The maximum atomic E-state index is 13.4. The van der Waals surface area contributed by atoms with Crippen LogP contribution in [0.1, 0.15) is 5.56 Å². The maximum Gasteiger partial charge on any atom is 0.307 e. The molecule has 0 heterocycles. The molecule has 0 spiro atoms. The zero-order valence-corrected chi connectivity index (χ0v) is 10.1. The van der Waals surface area contributed by atoms with Gasteiger partial charge in [-0.05, 0) is 41.0 Å². The number of rotatable bonds is 3. The van der Waals surface area contributed by atoms with Gasteiger partial charge in [0.2, 0.25) is 0 Å². The molecule has 0 bridgehead atoms. The molecule has 92 valence electrons. The second-order valence-electron chi connectivity index (χ2n) is 3.89. The van der Waals surface area contributed by atoms with Gasteiger partial charge in [0.1, 0.15) is 5.82 Å². The summed E-state index contributed by atoms with van der Waals surface area (Å²) >= 11 is 5.88. The smallest absolute Gasteiger partial charge is 0.307 e. The molecule has 0 atom stereocenters. The van der Waals surface area contributed by atoms with Crippen LogP contribution in [0.2, 0.25) is 5.02 Å². The molecule has 0 unspecified atom stereocenters. The van der Waals surface area contributed by atoms with Crippen LogP contribution in [0.5, 0.6) is 0 Å². The first-order valence-electron chi connectivity index (χ1n) is 5.32. The van der Waals surface area contributed by atoms with E-state index in [1.165, 1.54) is 12.1 Å². The molecule has 0 fully saturated rings. The average molecular weight is 265 g/mol. The third-order valence-electron chi connectivity index (χ3n) is 2.55. The maximum absolute atomic E-state index is 13.4. The molecule has 2 nitrogen and oxygen atoms in total. The molecule has 0 radical (unpaired) electrons. The van der Waals surface area contributed by atoms with Gasteiger partial charge in [-0.25, -0.2) is 4.39 Å². The van der Waals surface area contributed by atoms with Gasteiger partial charge in [0.25, 0.3) is 0 Å². The SMILES string of the molecule is O=C(O)Cc1cc(-c2cccc(Cl)c2)ccc1F. The topological polar surface area (TPSA) is 37.3 Å². The Morgan fingerprint density at radius 3 is 2.56 bits per heavy atom. The van der Waals surface area contributed by atoms with Gasteiger partial charge in [-0.3, -0.25) is 4.79 Å². The van der Waals surface area contributed by atoms with E-state index >= 15 is 0 Å². The van der Waals surface area contributed by atoms with Gasteiger partial charge < -0.3 is 5.11 Å². The Hall–Kier alpha value is -1.87. The van der Waals surface area contributed by atoms with Crippen LogP contribution in [-0.4, -0.2) is 11.1 Å². The van der Waals surface area contributed by atoms with E-state index in [1.807, 2.05) is 6.07 Å². The minimum atomic E-state index is -1.06. The monoisotopic (exact) mass is 264 g/mol. The molecular weight excluding hydrogens is 255 g/mol. The summed E-state index contributed by atoms with van der Waals surface area (Å²) in [6.07, 6.45) is -0.333. The summed E-state index contributed by atoms with van der Waals surface area (Å²) in [6.45, 7) is 0. The van der Waals surface area contributed by atoms with E-state index in [4.69, 9.17) is 16.7 Å². The minimum Gasteiger partial charge on any atom is -0.481 e. The number of halogens is 2. The Kier molecular flexibility index (Phi) is 3.63. The molecule has 0 saturated heterocycles. The van der Waals surface area contributed by atoms with E-state index in [0.29, 0.717) is 5.02 Å². The fourth-order valence-electron chi connectivity index (χ4n) is 1.72. The van der Waals surface area contributed by atoms with Crippen molar-refractivity contribution in [3.63, 3.8) is 0 Å². The van der Waals surface area contributed by atoms with Crippen LogP contribution in [0, 0.1) is 5.82 Å². The molecule has 2 aromatic carbocycles. The molecule has 0 aromatic heterocycles. The van der Waals surface area contributed by atoms with Gasteiger partial charge in [0, 0.05) is 5.02 Å². The van der Waals surface area contributed by atoms with Crippen LogP contribution < -0.4 is 0 Å². The highest BCUT2D eigenvalue weighted by molar-refractivity contribution is 6.30. The number of carboxylic acid groups (broad SMARTS) is 1. The number of carboxylic acids is 1. The van der Waals surface area contributed by atoms with Gasteiger partial charge in [-0.15, -0.1) is 0 Å². The van der Waals surface area contributed by atoms with Gasteiger partial charge in [0.15, 0.2) is 0 Å². The first kappa shape index (κ1) is 12.6. The van der Waals surface area contributed by atoms with Crippen molar-refractivity contribution in [2.45, 2.75) is 6.42 Å². The molecule has 4 heteroatoms. The zero-order chi connectivity index (χ0) is 13.1. The lowest BCUT2D eigenvalue weighted by molar-refractivity contribution is -0.136. The van der Waals surface area contributed by atoms with E-state index < -0.39 is 11.8 Å². The van der Waals surface area contributed by atoms with Crippen LogP contribution in [0.3, 0.4) is 0 Å². The van der Waals surface area contributed by atoms with E-state index in [-0.39, 0.29) is 12.0 Å². The van der Waals surface area contributed by atoms with Crippen molar-refractivity contribution < 1.29 is 14.3 Å². The Labute approximate surface area is 109 Å². The van der Waals surface area contributed by atoms with Crippen molar-refractivity contribution in [2.24, 2.45) is 0 Å². The number of hydrogen-bond acceptors (Lipinski definition) is 1. The molecule has 0 aliphatic carbocycles. The Morgan fingerprint density at radius 1 is 1.17 bits per heavy atom. The lowest BCUT2D eigenvalue weighted by atomic mass is 10.0. The summed E-state index contributed by atoms with van der Waals surface area (Å²) < 4.78 is 13.4. The molecule has 18 heavy (non-hydrogen) atoms. The largest absolute Gasteiger partial charge is 0.481 e. The third kappa shape index (κ3) is 2.87. The Morgan fingerprint density at radius 2 is 1.89 bits per heavy atom. The highest BCUT2D eigenvalue weighted by Gasteiger charge is 2.09. The van der Waals surface area contributed by atoms with Crippen LogP contribution in [0.4, 0.5) is 4.39 Å². The molecule has 0 amide bonds. The quantitative estimate of drug-likeness (QED) is 0.916. The Bertz CT molecular complexity index is 596. The molecule has 0 aliphatic rings. The second-order valence-corrected chi connectivity index (χ2v) is 4.32. The highest BCUT2D eigenvalue weighted by atomic mass is 35.5. The third-order valence-corrected chi connectivity index (χ3v) is 2.78. The molecular formula is C14H10ClFO2. The summed E-state index contributed by atoms with van der Waals surface area (Å²) in [7, 11) is 0. The van der Waals surface area contributed by atoms with Crippen molar-refractivity contribution in [1.82, 2.24) is 0 Å². The predicted octanol–water partition coefficient (Wildman–Crippen LogP) is 3.77. The molecule has 2 aromatic rings. The fraction of sp³-hybridized carbons (Fsp3) is 0.0714. The predicted molar refractivity (Wildman–Crippen MR) is 68.2 cm³/mol. The van der Waals surface area contributed by atoms with Gasteiger partial charge >= 0.3 is 5.97 Å². The van der Waals surface area contributed by atoms with Gasteiger partial charge in [-0.2, -0.15) is 0 Å². The average Bonchev–Trinajstić information content (AvgIpc) is 2.31. The van der Waals surface area contributed by atoms with Crippen LogP contribution >= 0.6 is 11.6 Å². The minimum absolute atomic E-state index is 0.167. The summed E-state index contributed by atoms with van der Waals surface area (Å²) in [5, 5.41) is 9.29. The summed E-state index contributed by atoms with van der Waals surface area (Å²) in [5.41, 5.74) is 1.74. The number of benzene rings is 2.